The van der Waals surface area contributed by atoms with Crippen molar-refractivity contribution in [3.05, 3.63) is 101 Å². The van der Waals surface area contributed by atoms with Gasteiger partial charge < -0.3 is 10.6 Å². The minimum Gasteiger partial charge on any atom is -0.349 e. The number of amides is 2. The van der Waals surface area contributed by atoms with E-state index >= 15 is 0 Å². The molecule has 3 N–H and O–H groups in total. The maximum atomic E-state index is 13.1. The molecular formula is C26H27N3O4S. The summed E-state index contributed by atoms with van der Waals surface area (Å²) in [6, 6.07) is 16.5. The van der Waals surface area contributed by atoms with Gasteiger partial charge in [-0.2, -0.15) is 0 Å². The summed E-state index contributed by atoms with van der Waals surface area (Å²) in [5.74, 6) is -0.896. The number of hydrogen-bond acceptors (Lipinski definition) is 4. The molecule has 3 aromatic rings. The van der Waals surface area contributed by atoms with E-state index in [1.807, 2.05) is 19.9 Å². The monoisotopic (exact) mass is 477 g/mol. The fourth-order valence-electron chi connectivity index (χ4n) is 3.52. The summed E-state index contributed by atoms with van der Waals surface area (Å²) < 4.78 is 28.8. The minimum atomic E-state index is -3.94. The summed E-state index contributed by atoms with van der Waals surface area (Å²) >= 11 is 0. The molecule has 0 spiro atoms. The van der Waals surface area contributed by atoms with Crippen LogP contribution in [-0.4, -0.2) is 26.8 Å². The predicted octanol–water partition coefficient (Wildman–Crippen LogP) is 4.58. The highest BCUT2D eigenvalue weighted by Crippen LogP contribution is 2.23. The second-order valence-electron chi connectivity index (χ2n) is 7.96. The van der Waals surface area contributed by atoms with Crippen molar-refractivity contribution in [3.8, 4) is 0 Å². The Kier molecular flexibility index (Phi) is 7.53. The third kappa shape index (κ3) is 5.90. The largest absolute Gasteiger partial charge is 0.349 e. The average molecular weight is 478 g/mol. The molecule has 34 heavy (non-hydrogen) atoms. The molecular weight excluding hydrogens is 450 g/mol. The molecule has 0 aliphatic rings. The van der Waals surface area contributed by atoms with Gasteiger partial charge >= 0.3 is 0 Å². The lowest BCUT2D eigenvalue weighted by molar-refractivity contribution is 0.0959. The van der Waals surface area contributed by atoms with Crippen LogP contribution in [0, 0.1) is 20.8 Å². The Hall–Kier alpha value is -3.91. The molecule has 0 heterocycles. The fourth-order valence-corrected chi connectivity index (χ4v) is 4.83. The first-order valence-electron chi connectivity index (χ1n) is 10.6. The molecule has 0 atom stereocenters. The molecule has 0 saturated carbocycles. The topological polar surface area (TPSA) is 104 Å². The number of sulfonamides is 1. The van der Waals surface area contributed by atoms with E-state index in [0.29, 0.717) is 16.9 Å². The first-order chi connectivity index (χ1) is 16.1. The number of nitrogens with one attached hydrogen (secondary N) is 3. The van der Waals surface area contributed by atoms with Crippen LogP contribution in [0.25, 0.3) is 0 Å². The predicted molar refractivity (Wildman–Crippen MR) is 135 cm³/mol. The number of carbonyl (C=O) groups excluding carboxylic acids is 2. The maximum absolute atomic E-state index is 13.1. The van der Waals surface area contributed by atoms with Crippen LogP contribution >= 0.6 is 0 Å². The van der Waals surface area contributed by atoms with E-state index in [4.69, 9.17) is 0 Å². The van der Waals surface area contributed by atoms with Gasteiger partial charge in [-0.25, -0.2) is 8.42 Å². The quantitative estimate of drug-likeness (QED) is 0.413. The fraction of sp³-hybridized carbons (Fsp3) is 0.154. The zero-order valence-electron chi connectivity index (χ0n) is 19.3. The highest BCUT2D eigenvalue weighted by Gasteiger charge is 2.21. The van der Waals surface area contributed by atoms with Crippen molar-refractivity contribution in [2.45, 2.75) is 25.7 Å². The van der Waals surface area contributed by atoms with Gasteiger partial charge in [-0.1, -0.05) is 30.3 Å². The van der Waals surface area contributed by atoms with Crippen molar-refractivity contribution in [3.63, 3.8) is 0 Å². The molecule has 3 aromatic carbocycles. The summed E-state index contributed by atoms with van der Waals surface area (Å²) in [6.45, 7) is 9.29. The summed E-state index contributed by atoms with van der Waals surface area (Å²) in [4.78, 5) is 25.4. The van der Waals surface area contributed by atoms with Crippen molar-refractivity contribution >= 4 is 33.2 Å². The van der Waals surface area contributed by atoms with E-state index < -0.39 is 15.9 Å². The SMILES string of the molecule is C=CCNC(=O)c1ccccc1NC(=O)c1ccc(C)c(S(=O)(=O)Nc2cc(C)cc(C)c2)c1. The van der Waals surface area contributed by atoms with Gasteiger partial charge in [-0.15, -0.1) is 6.58 Å². The zero-order chi connectivity index (χ0) is 24.9. The van der Waals surface area contributed by atoms with Crippen LogP contribution in [0.3, 0.4) is 0 Å². The Balaban J connectivity index is 1.88. The van der Waals surface area contributed by atoms with E-state index in [2.05, 4.69) is 21.9 Å². The van der Waals surface area contributed by atoms with Gasteiger partial charge in [-0.05, 0) is 73.9 Å². The molecule has 0 saturated heterocycles. The Labute approximate surface area is 200 Å². The van der Waals surface area contributed by atoms with E-state index in [9.17, 15) is 18.0 Å². The molecule has 0 aromatic heterocycles. The van der Waals surface area contributed by atoms with Crippen LogP contribution in [0.5, 0.6) is 0 Å². The van der Waals surface area contributed by atoms with E-state index in [-0.39, 0.29) is 28.5 Å². The second-order valence-corrected chi connectivity index (χ2v) is 9.61. The van der Waals surface area contributed by atoms with E-state index in [1.54, 1.807) is 61.5 Å². The number of aryl methyl sites for hydroxylation is 3. The maximum Gasteiger partial charge on any atom is 0.262 e. The molecule has 176 valence electrons. The van der Waals surface area contributed by atoms with E-state index in [1.165, 1.54) is 6.07 Å². The van der Waals surface area contributed by atoms with E-state index in [0.717, 1.165) is 11.1 Å². The molecule has 0 fully saturated rings. The molecule has 8 heteroatoms. The number of anilines is 2. The lowest BCUT2D eigenvalue weighted by Crippen LogP contribution is -2.25. The lowest BCUT2D eigenvalue weighted by atomic mass is 10.1. The third-order valence-corrected chi connectivity index (χ3v) is 6.56. The molecule has 0 aliphatic heterocycles. The third-order valence-electron chi connectivity index (χ3n) is 5.04. The van der Waals surface area contributed by atoms with Crippen LogP contribution in [-0.2, 0) is 10.0 Å². The minimum absolute atomic E-state index is 0.00341. The molecule has 0 unspecified atom stereocenters. The Morgan fingerprint density at radius 2 is 1.59 bits per heavy atom. The van der Waals surface area contributed by atoms with Crippen molar-refractivity contribution < 1.29 is 18.0 Å². The smallest absolute Gasteiger partial charge is 0.262 e. The molecule has 3 rings (SSSR count). The van der Waals surface area contributed by atoms with Crippen LogP contribution in [0.2, 0.25) is 0 Å². The van der Waals surface area contributed by atoms with Gasteiger partial charge in [0, 0.05) is 17.8 Å². The van der Waals surface area contributed by atoms with Crippen molar-refractivity contribution in [2.24, 2.45) is 0 Å². The molecule has 2 amide bonds. The first-order valence-corrected chi connectivity index (χ1v) is 12.1. The number of benzene rings is 3. The Morgan fingerprint density at radius 3 is 2.26 bits per heavy atom. The molecule has 0 bridgehead atoms. The van der Waals surface area contributed by atoms with Crippen molar-refractivity contribution in [1.82, 2.24) is 5.32 Å². The average Bonchev–Trinajstić information content (AvgIpc) is 2.76. The normalized spacial score (nSPS) is 10.9. The van der Waals surface area contributed by atoms with Gasteiger partial charge in [0.25, 0.3) is 21.8 Å². The van der Waals surface area contributed by atoms with Crippen LogP contribution in [0.4, 0.5) is 11.4 Å². The lowest BCUT2D eigenvalue weighted by Gasteiger charge is -2.14. The highest BCUT2D eigenvalue weighted by molar-refractivity contribution is 7.92. The first kappa shape index (κ1) is 24.7. The standard InChI is InChI=1S/C26H27N3O4S/c1-5-12-27-26(31)22-8-6-7-9-23(22)28-25(30)20-11-10-19(4)24(16-20)34(32,33)29-21-14-17(2)13-18(3)15-21/h5-11,13-16,29H,1,12H2,2-4H3,(H,27,31)(H,28,30). The molecule has 7 nitrogen and oxygen atoms in total. The second kappa shape index (κ2) is 10.4. The summed E-state index contributed by atoms with van der Waals surface area (Å²) in [7, 11) is -3.94. The zero-order valence-corrected chi connectivity index (χ0v) is 20.1. The number of rotatable bonds is 8. The van der Waals surface area contributed by atoms with Crippen LogP contribution < -0.4 is 15.4 Å². The van der Waals surface area contributed by atoms with Gasteiger partial charge in [0.15, 0.2) is 0 Å². The Bertz CT molecular complexity index is 1340. The van der Waals surface area contributed by atoms with Crippen molar-refractivity contribution in [1.29, 1.82) is 0 Å². The van der Waals surface area contributed by atoms with Gasteiger partial charge in [0.2, 0.25) is 0 Å². The number of para-hydroxylation sites is 1. The van der Waals surface area contributed by atoms with Crippen LogP contribution in [0.1, 0.15) is 37.4 Å². The van der Waals surface area contributed by atoms with Gasteiger partial charge in [-0.3, -0.25) is 14.3 Å². The van der Waals surface area contributed by atoms with Gasteiger partial charge in [0.1, 0.15) is 0 Å². The van der Waals surface area contributed by atoms with Crippen LogP contribution in [0.15, 0.2) is 78.2 Å². The van der Waals surface area contributed by atoms with Crippen molar-refractivity contribution in [2.75, 3.05) is 16.6 Å². The van der Waals surface area contributed by atoms with Gasteiger partial charge in [0.05, 0.1) is 16.1 Å². The summed E-state index contributed by atoms with van der Waals surface area (Å²) in [5.41, 5.74) is 3.55. The molecule has 0 radical (unpaired) electrons. The highest BCUT2D eigenvalue weighted by atomic mass is 32.2. The summed E-state index contributed by atoms with van der Waals surface area (Å²) in [5, 5.41) is 5.38. The Morgan fingerprint density at radius 1 is 0.912 bits per heavy atom. The number of hydrogen-bond donors (Lipinski definition) is 3. The summed E-state index contributed by atoms with van der Waals surface area (Å²) in [6.07, 6.45) is 1.56. The number of carbonyl (C=O) groups is 2. The molecule has 0 aliphatic carbocycles.